The molecular formula is C13H16BrNO2. The largest absolute Gasteiger partial charge is 0.507 e. The molecule has 1 N–H and O–H groups in total. The van der Waals surface area contributed by atoms with Gasteiger partial charge in [-0.25, -0.2) is 0 Å². The molecule has 0 bridgehead atoms. The Hall–Kier alpha value is -1.03. The average Bonchev–Trinajstić information content (AvgIpc) is 2.26. The topological polar surface area (TPSA) is 40.5 Å². The van der Waals surface area contributed by atoms with Crippen LogP contribution in [0.1, 0.15) is 23.2 Å². The number of benzene rings is 1. The number of rotatable bonds is 3. The number of phenols is 1. The van der Waals surface area contributed by atoms with Crippen molar-refractivity contribution in [2.24, 2.45) is 5.92 Å². The number of aromatic hydroxyl groups is 1. The van der Waals surface area contributed by atoms with E-state index in [1.807, 2.05) is 0 Å². The zero-order chi connectivity index (χ0) is 12.4. The number of hydrogen-bond donors (Lipinski definition) is 1. The van der Waals surface area contributed by atoms with Crippen LogP contribution in [0.15, 0.2) is 24.3 Å². The van der Waals surface area contributed by atoms with E-state index in [-0.39, 0.29) is 11.7 Å². The van der Waals surface area contributed by atoms with Crippen molar-refractivity contribution in [1.82, 2.24) is 4.90 Å². The first-order valence-corrected chi connectivity index (χ1v) is 6.67. The lowest BCUT2D eigenvalue weighted by Gasteiger charge is -2.34. The number of carbonyl (C=O) groups is 1. The summed E-state index contributed by atoms with van der Waals surface area (Å²) in [6, 6.07) is 6.67. The Morgan fingerprint density at radius 2 is 2.12 bits per heavy atom. The molecule has 0 heterocycles. The molecule has 1 aliphatic rings. The highest BCUT2D eigenvalue weighted by Crippen LogP contribution is 2.33. The third-order valence-electron chi connectivity index (χ3n) is 3.19. The molecule has 4 heteroatoms. The van der Waals surface area contributed by atoms with E-state index in [0.717, 1.165) is 19.4 Å². The van der Waals surface area contributed by atoms with Crippen LogP contribution in [0.4, 0.5) is 0 Å². The molecular weight excluding hydrogens is 282 g/mol. The van der Waals surface area contributed by atoms with Crippen LogP contribution in [-0.4, -0.2) is 34.3 Å². The zero-order valence-electron chi connectivity index (χ0n) is 9.77. The van der Waals surface area contributed by atoms with E-state index in [0.29, 0.717) is 16.3 Å². The van der Waals surface area contributed by atoms with E-state index in [1.165, 1.54) is 0 Å². The lowest BCUT2D eigenvalue weighted by Crippen LogP contribution is -2.37. The Morgan fingerprint density at radius 3 is 2.71 bits per heavy atom. The highest BCUT2D eigenvalue weighted by atomic mass is 79.9. The van der Waals surface area contributed by atoms with Crippen LogP contribution in [0.3, 0.4) is 0 Å². The summed E-state index contributed by atoms with van der Waals surface area (Å²) in [6.07, 6.45) is 2.25. The van der Waals surface area contributed by atoms with Gasteiger partial charge in [0.2, 0.25) is 0 Å². The van der Waals surface area contributed by atoms with Crippen molar-refractivity contribution in [2.45, 2.75) is 17.7 Å². The Kier molecular flexibility index (Phi) is 3.72. The highest BCUT2D eigenvalue weighted by molar-refractivity contribution is 9.09. The van der Waals surface area contributed by atoms with Crippen LogP contribution in [0.5, 0.6) is 5.75 Å². The normalized spacial score (nSPS) is 22.9. The van der Waals surface area contributed by atoms with Gasteiger partial charge in [0, 0.05) is 18.4 Å². The molecule has 1 amide bonds. The van der Waals surface area contributed by atoms with Crippen molar-refractivity contribution in [3.8, 4) is 5.75 Å². The average molecular weight is 298 g/mol. The first-order valence-electron chi connectivity index (χ1n) is 5.75. The summed E-state index contributed by atoms with van der Waals surface area (Å²) in [5.41, 5.74) is 0.379. The minimum absolute atomic E-state index is 0.0522. The summed E-state index contributed by atoms with van der Waals surface area (Å²) >= 11 is 3.54. The van der Waals surface area contributed by atoms with Gasteiger partial charge < -0.3 is 10.0 Å². The molecule has 1 aromatic rings. The van der Waals surface area contributed by atoms with Gasteiger partial charge in [-0.15, -0.1) is 0 Å². The van der Waals surface area contributed by atoms with E-state index in [4.69, 9.17) is 0 Å². The zero-order valence-corrected chi connectivity index (χ0v) is 11.4. The lowest BCUT2D eigenvalue weighted by molar-refractivity contribution is 0.0746. The Morgan fingerprint density at radius 1 is 1.47 bits per heavy atom. The fourth-order valence-electron chi connectivity index (χ4n) is 2.13. The molecule has 2 rings (SSSR count). The molecule has 0 atom stereocenters. The minimum atomic E-state index is -0.110. The van der Waals surface area contributed by atoms with Gasteiger partial charge >= 0.3 is 0 Å². The van der Waals surface area contributed by atoms with Gasteiger partial charge in [0.15, 0.2) is 0 Å². The number of halogens is 1. The van der Waals surface area contributed by atoms with Crippen LogP contribution < -0.4 is 0 Å². The van der Waals surface area contributed by atoms with Crippen molar-refractivity contribution >= 4 is 21.8 Å². The second-order valence-corrected chi connectivity index (χ2v) is 5.93. The smallest absolute Gasteiger partial charge is 0.257 e. The van der Waals surface area contributed by atoms with Crippen LogP contribution in [0, 0.1) is 5.92 Å². The van der Waals surface area contributed by atoms with Crippen molar-refractivity contribution in [2.75, 3.05) is 13.6 Å². The lowest BCUT2D eigenvalue weighted by atomic mass is 9.85. The molecule has 0 spiro atoms. The molecule has 0 aliphatic heterocycles. The third kappa shape index (κ3) is 2.80. The van der Waals surface area contributed by atoms with Gasteiger partial charge in [-0.3, -0.25) is 4.79 Å². The predicted octanol–water partition coefficient (Wildman–Crippen LogP) is 2.64. The maximum atomic E-state index is 12.1. The first-order chi connectivity index (χ1) is 8.08. The summed E-state index contributed by atoms with van der Waals surface area (Å²) in [4.78, 5) is 14.4. The van der Waals surface area contributed by atoms with Crippen molar-refractivity contribution < 1.29 is 9.90 Å². The minimum Gasteiger partial charge on any atom is -0.507 e. The van der Waals surface area contributed by atoms with Crippen molar-refractivity contribution in [3.63, 3.8) is 0 Å². The maximum Gasteiger partial charge on any atom is 0.257 e. The van der Waals surface area contributed by atoms with Crippen molar-refractivity contribution in [3.05, 3.63) is 29.8 Å². The van der Waals surface area contributed by atoms with Gasteiger partial charge in [-0.2, -0.15) is 0 Å². The molecule has 1 aliphatic carbocycles. The third-order valence-corrected chi connectivity index (χ3v) is 3.94. The summed E-state index contributed by atoms with van der Waals surface area (Å²) in [6.45, 7) is 0.759. The summed E-state index contributed by atoms with van der Waals surface area (Å²) < 4.78 is 0. The fourth-order valence-corrected chi connectivity index (χ4v) is 3.19. The van der Waals surface area contributed by atoms with E-state index >= 15 is 0 Å². The molecule has 1 aromatic carbocycles. The molecule has 1 saturated carbocycles. The Balaban J connectivity index is 1.97. The fraction of sp³-hybridized carbons (Fsp3) is 0.462. The van der Waals surface area contributed by atoms with Crippen molar-refractivity contribution in [1.29, 1.82) is 0 Å². The maximum absolute atomic E-state index is 12.1. The number of carbonyl (C=O) groups excluding carboxylic acids is 1. The van der Waals surface area contributed by atoms with Gasteiger partial charge in [-0.1, -0.05) is 28.1 Å². The van der Waals surface area contributed by atoms with E-state index in [2.05, 4.69) is 15.9 Å². The molecule has 0 radical (unpaired) electrons. The van der Waals surface area contributed by atoms with Gasteiger partial charge in [0.1, 0.15) is 5.75 Å². The number of phenolic OH excluding ortho intramolecular Hbond substituents is 1. The Labute approximate surface area is 110 Å². The van der Waals surface area contributed by atoms with Crippen LogP contribution in [0.2, 0.25) is 0 Å². The molecule has 17 heavy (non-hydrogen) atoms. The number of amides is 1. The highest BCUT2D eigenvalue weighted by Gasteiger charge is 2.29. The number of para-hydroxylation sites is 1. The monoisotopic (exact) mass is 297 g/mol. The standard InChI is InChI=1S/C13H16BrNO2/c1-15(8-9-6-10(14)7-9)13(17)11-4-2-3-5-12(11)16/h2-5,9-10,16H,6-8H2,1H3. The van der Waals surface area contributed by atoms with Gasteiger partial charge in [-0.05, 0) is 30.9 Å². The van der Waals surface area contributed by atoms with E-state index < -0.39 is 0 Å². The second kappa shape index (κ2) is 5.08. The molecule has 0 unspecified atom stereocenters. The number of alkyl halides is 1. The van der Waals surface area contributed by atoms with Crippen LogP contribution in [-0.2, 0) is 0 Å². The van der Waals surface area contributed by atoms with Crippen LogP contribution in [0.25, 0.3) is 0 Å². The SMILES string of the molecule is CN(CC1CC(Br)C1)C(=O)c1ccccc1O. The molecule has 0 saturated heterocycles. The Bertz CT molecular complexity index is 416. The molecule has 92 valence electrons. The summed E-state index contributed by atoms with van der Waals surface area (Å²) in [5, 5.41) is 9.62. The van der Waals surface area contributed by atoms with E-state index in [1.54, 1.807) is 36.2 Å². The molecule has 3 nitrogen and oxygen atoms in total. The number of hydrogen-bond acceptors (Lipinski definition) is 2. The molecule has 1 fully saturated rings. The van der Waals surface area contributed by atoms with Gasteiger partial charge in [0.25, 0.3) is 5.91 Å². The van der Waals surface area contributed by atoms with Gasteiger partial charge in [0.05, 0.1) is 5.56 Å². The molecule has 0 aromatic heterocycles. The first kappa shape index (κ1) is 12.4. The summed E-state index contributed by atoms with van der Waals surface area (Å²) in [5.74, 6) is 0.525. The second-order valence-electron chi connectivity index (χ2n) is 4.64. The number of nitrogens with zero attached hydrogens (tertiary/aromatic N) is 1. The summed E-state index contributed by atoms with van der Waals surface area (Å²) in [7, 11) is 1.79. The predicted molar refractivity (Wildman–Crippen MR) is 70.5 cm³/mol. The van der Waals surface area contributed by atoms with Crippen LogP contribution >= 0.6 is 15.9 Å². The van der Waals surface area contributed by atoms with E-state index in [9.17, 15) is 9.90 Å². The quantitative estimate of drug-likeness (QED) is 0.872.